The highest BCUT2D eigenvalue weighted by Gasteiger charge is 2.16. The molecule has 0 amide bonds. The number of benzene rings is 1. The molecule has 1 aromatic carbocycles. The number of carboxylic acid groups (broad SMARTS) is 1. The molecule has 0 spiro atoms. The van der Waals surface area contributed by atoms with Crippen LogP contribution < -0.4 is 0 Å². The summed E-state index contributed by atoms with van der Waals surface area (Å²) in [6.07, 6.45) is 0.432. The summed E-state index contributed by atoms with van der Waals surface area (Å²) in [5.74, 6) is -1.15. The monoisotopic (exact) mass is 326 g/mol. The number of hydrogen-bond acceptors (Lipinski definition) is 2. The minimum Gasteiger partial charge on any atom is -0.481 e. The average Bonchev–Trinajstić information content (AvgIpc) is 2.63. The first-order valence-electron chi connectivity index (χ1n) is 5.68. The second-order valence-corrected chi connectivity index (χ2v) is 4.93. The van der Waals surface area contributed by atoms with E-state index in [0.717, 1.165) is 15.7 Å². The number of aliphatic carboxylic acids is 1. The second-order valence-electron chi connectivity index (χ2n) is 4.13. The lowest BCUT2D eigenvalue weighted by atomic mass is 10.1. The first-order chi connectivity index (χ1) is 8.99. The van der Waals surface area contributed by atoms with Crippen molar-refractivity contribution in [3.8, 4) is 11.3 Å². The van der Waals surface area contributed by atoms with Gasteiger partial charge >= 0.3 is 5.97 Å². The van der Waals surface area contributed by atoms with E-state index < -0.39 is 5.97 Å². The van der Waals surface area contributed by atoms with Crippen LogP contribution in [0.2, 0.25) is 0 Å². The van der Waals surface area contributed by atoms with Crippen LogP contribution in [0.5, 0.6) is 0 Å². The van der Waals surface area contributed by atoms with E-state index in [1.54, 1.807) is 23.9 Å². The average molecular weight is 327 g/mol. The van der Waals surface area contributed by atoms with Crippen LogP contribution in [0, 0.1) is 5.82 Å². The number of nitrogens with zero attached hydrogens (tertiary/aromatic N) is 2. The first-order valence-corrected chi connectivity index (χ1v) is 6.47. The Hall–Kier alpha value is -1.69. The summed E-state index contributed by atoms with van der Waals surface area (Å²) in [5, 5.41) is 13.1. The van der Waals surface area contributed by atoms with Crippen LogP contribution in [-0.2, 0) is 18.3 Å². The van der Waals surface area contributed by atoms with Gasteiger partial charge in [-0.05, 0) is 40.2 Å². The van der Waals surface area contributed by atoms with E-state index >= 15 is 0 Å². The molecule has 1 aromatic heterocycles. The van der Waals surface area contributed by atoms with Crippen molar-refractivity contribution in [1.29, 1.82) is 0 Å². The number of carbonyl (C=O) groups is 1. The quantitative estimate of drug-likeness (QED) is 0.939. The molecule has 0 saturated heterocycles. The van der Waals surface area contributed by atoms with Crippen molar-refractivity contribution in [2.24, 2.45) is 7.05 Å². The summed E-state index contributed by atoms with van der Waals surface area (Å²) in [5.41, 5.74) is 2.27. The normalized spacial score (nSPS) is 10.7. The van der Waals surface area contributed by atoms with Gasteiger partial charge in [-0.15, -0.1) is 0 Å². The van der Waals surface area contributed by atoms with Gasteiger partial charge in [0.1, 0.15) is 11.5 Å². The summed E-state index contributed by atoms with van der Waals surface area (Å²) < 4.78 is 15.3. The summed E-state index contributed by atoms with van der Waals surface area (Å²) in [7, 11) is 1.76. The maximum Gasteiger partial charge on any atom is 0.303 e. The van der Waals surface area contributed by atoms with Gasteiger partial charge in [-0.1, -0.05) is 0 Å². The lowest BCUT2D eigenvalue weighted by Crippen LogP contribution is -2.03. The van der Waals surface area contributed by atoms with Crippen molar-refractivity contribution >= 4 is 21.9 Å². The fourth-order valence-electron chi connectivity index (χ4n) is 1.82. The number of aryl methyl sites for hydroxylation is 1. The van der Waals surface area contributed by atoms with Gasteiger partial charge in [0.15, 0.2) is 0 Å². The third-order valence-corrected chi connectivity index (χ3v) is 3.63. The third kappa shape index (κ3) is 3.01. The standard InChI is InChI=1S/C13H12BrFN2O2/c1-17-10(6-7-11(18)19)12(14)13(16-17)8-2-4-9(15)5-3-8/h2-5H,6-7H2,1H3,(H,18,19). The van der Waals surface area contributed by atoms with Crippen LogP contribution in [0.25, 0.3) is 11.3 Å². The van der Waals surface area contributed by atoms with Crippen molar-refractivity contribution in [3.05, 3.63) is 40.2 Å². The Kier molecular flexibility index (Phi) is 3.99. The number of hydrogen-bond donors (Lipinski definition) is 1. The van der Waals surface area contributed by atoms with Gasteiger partial charge in [0, 0.05) is 19.0 Å². The molecular formula is C13H12BrFN2O2. The highest BCUT2D eigenvalue weighted by Crippen LogP contribution is 2.30. The molecule has 0 atom stereocenters. The number of halogens is 2. The van der Waals surface area contributed by atoms with Gasteiger partial charge in [0.25, 0.3) is 0 Å². The van der Waals surface area contributed by atoms with Crippen molar-refractivity contribution in [3.63, 3.8) is 0 Å². The first kappa shape index (κ1) is 13.7. The Bertz CT molecular complexity index is 608. The molecule has 0 bridgehead atoms. The number of rotatable bonds is 4. The van der Waals surface area contributed by atoms with Gasteiger partial charge in [0.2, 0.25) is 0 Å². The van der Waals surface area contributed by atoms with E-state index in [0.29, 0.717) is 12.1 Å². The summed E-state index contributed by atoms with van der Waals surface area (Å²) in [6, 6.07) is 6.02. The Labute approximate surface area is 118 Å². The SMILES string of the molecule is Cn1nc(-c2ccc(F)cc2)c(Br)c1CCC(=O)O. The molecule has 0 aliphatic heterocycles. The van der Waals surface area contributed by atoms with Gasteiger partial charge in [-0.25, -0.2) is 4.39 Å². The highest BCUT2D eigenvalue weighted by atomic mass is 79.9. The maximum atomic E-state index is 12.9. The minimum atomic E-state index is -0.851. The molecule has 4 nitrogen and oxygen atoms in total. The fraction of sp³-hybridized carbons (Fsp3) is 0.231. The molecule has 0 fully saturated rings. The summed E-state index contributed by atoms with van der Waals surface area (Å²) >= 11 is 3.44. The zero-order valence-electron chi connectivity index (χ0n) is 10.2. The molecule has 2 rings (SSSR count). The lowest BCUT2D eigenvalue weighted by molar-refractivity contribution is -0.136. The Morgan fingerprint density at radius 2 is 2.05 bits per heavy atom. The van der Waals surface area contributed by atoms with E-state index in [1.165, 1.54) is 12.1 Å². The molecule has 0 saturated carbocycles. The third-order valence-electron chi connectivity index (χ3n) is 2.80. The fourth-order valence-corrected chi connectivity index (χ4v) is 2.59. The van der Waals surface area contributed by atoms with E-state index in [2.05, 4.69) is 21.0 Å². The zero-order chi connectivity index (χ0) is 14.0. The molecular weight excluding hydrogens is 315 g/mol. The van der Waals surface area contributed by atoms with Crippen molar-refractivity contribution < 1.29 is 14.3 Å². The number of aromatic nitrogens is 2. The van der Waals surface area contributed by atoms with Crippen LogP contribution in [0.3, 0.4) is 0 Å². The van der Waals surface area contributed by atoms with Crippen LogP contribution in [0.4, 0.5) is 4.39 Å². The van der Waals surface area contributed by atoms with Crippen LogP contribution >= 0.6 is 15.9 Å². The Morgan fingerprint density at radius 1 is 1.42 bits per heavy atom. The Balaban J connectivity index is 2.35. The molecule has 19 heavy (non-hydrogen) atoms. The van der Waals surface area contributed by atoms with Gasteiger partial charge in [-0.3, -0.25) is 9.48 Å². The molecule has 0 aliphatic rings. The highest BCUT2D eigenvalue weighted by molar-refractivity contribution is 9.10. The van der Waals surface area contributed by atoms with E-state index in [-0.39, 0.29) is 12.2 Å². The van der Waals surface area contributed by atoms with E-state index in [9.17, 15) is 9.18 Å². The number of carboxylic acids is 1. The lowest BCUT2D eigenvalue weighted by Gasteiger charge is -2.00. The predicted molar refractivity (Wildman–Crippen MR) is 72.3 cm³/mol. The molecule has 1 heterocycles. The van der Waals surface area contributed by atoms with Crippen molar-refractivity contribution in [1.82, 2.24) is 9.78 Å². The van der Waals surface area contributed by atoms with Crippen LogP contribution in [0.15, 0.2) is 28.7 Å². The molecule has 0 radical (unpaired) electrons. The Morgan fingerprint density at radius 3 is 2.63 bits per heavy atom. The molecule has 100 valence electrons. The van der Waals surface area contributed by atoms with E-state index in [1.807, 2.05) is 0 Å². The largest absolute Gasteiger partial charge is 0.481 e. The summed E-state index contributed by atoms with van der Waals surface area (Å²) in [6.45, 7) is 0. The molecule has 0 aliphatic carbocycles. The van der Waals surface area contributed by atoms with E-state index in [4.69, 9.17) is 5.11 Å². The molecule has 1 N–H and O–H groups in total. The second kappa shape index (κ2) is 5.52. The van der Waals surface area contributed by atoms with Crippen LogP contribution in [-0.4, -0.2) is 20.9 Å². The maximum absolute atomic E-state index is 12.9. The molecule has 2 aromatic rings. The van der Waals surface area contributed by atoms with Gasteiger partial charge in [0.05, 0.1) is 16.6 Å². The smallest absolute Gasteiger partial charge is 0.303 e. The molecule has 0 unspecified atom stereocenters. The minimum absolute atomic E-state index is 0.0426. The molecule has 6 heteroatoms. The topological polar surface area (TPSA) is 55.1 Å². The van der Waals surface area contributed by atoms with Gasteiger partial charge in [-0.2, -0.15) is 5.10 Å². The van der Waals surface area contributed by atoms with Crippen molar-refractivity contribution in [2.45, 2.75) is 12.8 Å². The van der Waals surface area contributed by atoms with Crippen LogP contribution in [0.1, 0.15) is 12.1 Å². The zero-order valence-corrected chi connectivity index (χ0v) is 11.8. The van der Waals surface area contributed by atoms with Gasteiger partial charge < -0.3 is 5.11 Å². The predicted octanol–water partition coefficient (Wildman–Crippen LogP) is 3.01. The summed E-state index contributed by atoms with van der Waals surface area (Å²) in [4.78, 5) is 10.6. The van der Waals surface area contributed by atoms with Crippen molar-refractivity contribution in [2.75, 3.05) is 0 Å².